The van der Waals surface area contributed by atoms with Crippen LogP contribution in [0.4, 0.5) is 5.69 Å². The van der Waals surface area contributed by atoms with E-state index in [9.17, 15) is 20.0 Å². The van der Waals surface area contributed by atoms with Crippen molar-refractivity contribution in [1.82, 2.24) is 5.43 Å². The first-order valence-corrected chi connectivity index (χ1v) is 6.08. The van der Waals surface area contributed by atoms with Crippen LogP contribution in [0.2, 0.25) is 0 Å². The Morgan fingerprint density at radius 2 is 2.19 bits per heavy atom. The zero-order valence-electron chi connectivity index (χ0n) is 10.2. The molecule has 0 amide bonds. The molecule has 0 aliphatic heterocycles. The second kappa shape index (κ2) is 5.38. The summed E-state index contributed by atoms with van der Waals surface area (Å²) >= 11 is 2.98. The van der Waals surface area contributed by atoms with E-state index >= 15 is 0 Å². The number of benzene rings is 1. The lowest BCUT2D eigenvalue weighted by Gasteiger charge is -2.06. The van der Waals surface area contributed by atoms with Crippen molar-refractivity contribution in [2.75, 3.05) is 0 Å². The molecule has 1 aromatic carbocycles. The molecule has 2 rings (SSSR count). The number of hydrazine groups is 1. The van der Waals surface area contributed by atoms with Gasteiger partial charge in [0.25, 0.3) is 0 Å². The van der Waals surface area contributed by atoms with E-state index in [0.717, 1.165) is 0 Å². The minimum absolute atomic E-state index is 0.0634. The summed E-state index contributed by atoms with van der Waals surface area (Å²) in [4.78, 5) is 22.0. The zero-order valence-corrected chi connectivity index (χ0v) is 11.7. The summed E-state index contributed by atoms with van der Waals surface area (Å²) < 4.78 is 4.96. The molecule has 21 heavy (non-hydrogen) atoms. The number of aromatic hydroxyl groups is 1. The van der Waals surface area contributed by atoms with Gasteiger partial charge in [0, 0.05) is 5.39 Å². The number of nitrogens with zero attached hydrogens (tertiary/aromatic N) is 2. The van der Waals surface area contributed by atoms with E-state index in [1.165, 1.54) is 12.1 Å². The van der Waals surface area contributed by atoms with Crippen molar-refractivity contribution in [3.05, 3.63) is 42.7 Å². The lowest BCUT2D eigenvalue weighted by molar-refractivity contribution is -0.384. The van der Waals surface area contributed by atoms with Crippen molar-refractivity contribution in [3.8, 4) is 5.75 Å². The van der Waals surface area contributed by atoms with Crippen LogP contribution in [0, 0.1) is 10.1 Å². The smallest absolute Gasteiger partial charge is 0.354 e. The summed E-state index contributed by atoms with van der Waals surface area (Å²) in [6.45, 7) is 0. The largest absolute Gasteiger partial charge is 0.501 e. The highest BCUT2D eigenvalue weighted by Gasteiger charge is 2.25. The first-order chi connectivity index (χ1) is 9.90. The highest BCUT2D eigenvalue weighted by Crippen LogP contribution is 2.40. The van der Waals surface area contributed by atoms with E-state index in [2.05, 4.69) is 26.5 Å². The van der Waals surface area contributed by atoms with Crippen LogP contribution in [-0.4, -0.2) is 15.9 Å². The molecule has 1 aromatic heterocycles. The van der Waals surface area contributed by atoms with Crippen LogP contribution in [0.15, 0.2) is 30.9 Å². The minimum atomic E-state index is -0.950. The molecule has 0 saturated carbocycles. The number of nitrogens with one attached hydrogen (secondary N) is 1. The summed E-state index contributed by atoms with van der Waals surface area (Å²) in [5.41, 5.74) is -0.0535. The topological polar surface area (TPSA) is 170 Å². The number of phenols is 1. The number of nitrogens with two attached hydrogens (primary N) is 2. The van der Waals surface area contributed by atoms with E-state index in [1.807, 2.05) is 0 Å². The lowest BCUT2D eigenvalue weighted by Crippen LogP contribution is -2.35. The van der Waals surface area contributed by atoms with Crippen LogP contribution in [0.5, 0.6) is 5.75 Å². The normalized spacial score (nSPS) is 11.6. The van der Waals surface area contributed by atoms with Crippen molar-refractivity contribution in [2.45, 2.75) is 0 Å². The molecule has 2 aromatic rings. The van der Waals surface area contributed by atoms with Crippen LogP contribution < -0.4 is 22.7 Å². The molecule has 10 nitrogen and oxygen atoms in total. The predicted octanol–water partition coefficient (Wildman–Crippen LogP) is 0.253. The molecule has 11 heteroatoms. The maximum Gasteiger partial charge on any atom is 0.354 e. The van der Waals surface area contributed by atoms with Crippen LogP contribution in [0.25, 0.3) is 11.0 Å². The molecular weight excluding hydrogens is 350 g/mol. The number of hydrogen-bond acceptors (Lipinski definition) is 8. The van der Waals surface area contributed by atoms with Gasteiger partial charge in [-0.1, -0.05) is 0 Å². The molecule has 0 unspecified atom stereocenters. The van der Waals surface area contributed by atoms with Crippen molar-refractivity contribution >= 4 is 38.4 Å². The molecule has 0 radical (unpaired) electrons. The third kappa shape index (κ3) is 2.39. The van der Waals surface area contributed by atoms with Gasteiger partial charge in [0.05, 0.1) is 9.40 Å². The Balaban J connectivity index is 2.92. The van der Waals surface area contributed by atoms with Crippen molar-refractivity contribution in [2.24, 2.45) is 16.8 Å². The maximum absolute atomic E-state index is 11.8. The Morgan fingerprint density at radius 3 is 2.71 bits per heavy atom. The molecule has 1 heterocycles. The number of halogens is 1. The molecule has 0 bridgehead atoms. The van der Waals surface area contributed by atoms with Crippen molar-refractivity contribution in [1.29, 1.82) is 0 Å². The molecule has 0 atom stereocenters. The summed E-state index contributed by atoms with van der Waals surface area (Å²) in [6, 6.07) is 2.60. The quantitative estimate of drug-likeness (QED) is 0.148. The fraction of sp³-hybridized carbons (Fsp3) is 0. The van der Waals surface area contributed by atoms with Crippen LogP contribution in [0.1, 0.15) is 5.56 Å². The van der Waals surface area contributed by atoms with Gasteiger partial charge < -0.3 is 20.8 Å². The number of nitro benzene ring substituents is 1. The molecule has 6 N–H and O–H groups in total. The van der Waals surface area contributed by atoms with Gasteiger partial charge in [-0.05, 0) is 28.1 Å². The van der Waals surface area contributed by atoms with Gasteiger partial charge in [-0.2, -0.15) is 5.10 Å². The Hall–Kier alpha value is -2.66. The number of amidine groups is 1. The second-order valence-electron chi connectivity index (χ2n) is 3.80. The van der Waals surface area contributed by atoms with Gasteiger partial charge in [0.15, 0.2) is 5.84 Å². The van der Waals surface area contributed by atoms with Gasteiger partial charge in [-0.25, -0.2) is 10.6 Å². The highest BCUT2D eigenvalue weighted by molar-refractivity contribution is 9.10. The van der Waals surface area contributed by atoms with Gasteiger partial charge >= 0.3 is 11.3 Å². The summed E-state index contributed by atoms with van der Waals surface area (Å²) in [5.74, 6) is 9.43. The molecule has 110 valence electrons. The first kappa shape index (κ1) is 14.7. The van der Waals surface area contributed by atoms with Crippen LogP contribution in [0.3, 0.4) is 0 Å². The molecule has 0 spiro atoms. The van der Waals surface area contributed by atoms with Crippen molar-refractivity contribution < 1.29 is 14.4 Å². The van der Waals surface area contributed by atoms with Gasteiger partial charge in [0.1, 0.15) is 5.56 Å². The zero-order chi connectivity index (χ0) is 15.7. The van der Waals surface area contributed by atoms with Gasteiger partial charge in [0.2, 0.25) is 11.3 Å². The van der Waals surface area contributed by atoms with E-state index in [4.69, 9.17) is 16.1 Å². The molecular formula is C10H8BrN5O5. The standard InChI is InChI=1S/C10H8BrN5O5/c11-5-2-3-1-4(9(14-12)15-13)10(18)21-8(3)6(7(5)17)16(19)20/h1-2,17H,12-13H2,(H,14,15). The number of phenolic OH excluding ortho intramolecular Hbond substituents is 1. The third-order valence-electron chi connectivity index (χ3n) is 2.63. The fourth-order valence-electron chi connectivity index (χ4n) is 1.72. The summed E-state index contributed by atoms with van der Waals surface area (Å²) in [6.07, 6.45) is 0. The van der Waals surface area contributed by atoms with E-state index in [1.54, 1.807) is 0 Å². The Morgan fingerprint density at radius 1 is 1.52 bits per heavy atom. The summed E-state index contributed by atoms with van der Waals surface area (Å²) in [5, 5.41) is 24.2. The SMILES string of the molecule is N/N=C(\NN)c1cc2cc(Br)c(O)c([N+](=O)[O-])c2oc1=O. The number of hydrazone groups is 1. The van der Waals surface area contributed by atoms with Crippen LogP contribution >= 0.6 is 15.9 Å². The van der Waals surface area contributed by atoms with Gasteiger partial charge in [-0.3, -0.25) is 10.1 Å². The average Bonchev–Trinajstić information content (AvgIpc) is 2.42. The lowest BCUT2D eigenvalue weighted by atomic mass is 10.1. The predicted molar refractivity (Wildman–Crippen MR) is 76.6 cm³/mol. The van der Waals surface area contributed by atoms with E-state index in [-0.39, 0.29) is 26.8 Å². The summed E-state index contributed by atoms with van der Waals surface area (Å²) in [7, 11) is 0. The van der Waals surface area contributed by atoms with E-state index in [0.29, 0.717) is 0 Å². The monoisotopic (exact) mass is 357 g/mol. The Kier molecular flexibility index (Phi) is 3.78. The fourth-order valence-corrected chi connectivity index (χ4v) is 2.16. The highest BCUT2D eigenvalue weighted by atomic mass is 79.9. The molecule has 0 aliphatic rings. The first-order valence-electron chi connectivity index (χ1n) is 5.29. The molecule has 0 saturated heterocycles. The number of nitro groups is 1. The maximum atomic E-state index is 11.8. The Bertz CT molecular complexity index is 831. The molecule has 0 fully saturated rings. The average molecular weight is 358 g/mol. The number of fused-ring (bicyclic) bond motifs is 1. The minimum Gasteiger partial charge on any atom is -0.501 e. The molecule has 0 aliphatic carbocycles. The van der Waals surface area contributed by atoms with Crippen LogP contribution in [-0.2, 0) is 0 Å². The second-order valence-corrected chi connectivity index (χ2v) is 4.65. The van der Waals surface area contributed by atoms with E-state index < -0.39 is 22.0 Å². The number of hydrogen-bond donors (Lipinski definition) is 4. The van der Waals surface area contributed by atoms with Crippen molar-refractivity contribution in [3.63, 3.8) is 0 Å². The number of rotatable bonds is 2. The Labute approximate surface area is 124 Å². The van der Waals surface area contributed by atoms with Gasteiger partial charge in [-0.15, -0.1) is 0 Å². The third-order valence-corrected chi connectivity index (χ3v) is 3.23.